The second-order valence-corrected chi connectivity index (χ2v) is 35.8. The van der Waals surface area contributed by atoms with Gasteiger partial charge in [0.25, 0.3) is 17.4 Å². The van der Waals surface area contributed by atoms with Gasteiger partial charge in [-0.2, -0.15) is 9.89 Å². The maximum absolute atomic E-state index is 14.9. The first-order valence-electron chi connectivity index (χ1n) is 44.8. The number of nitrogens with two attached hydrogens (primary N) is 1. The minimum atomic E-state index is -2.25. The molecule has 0 aliphatic rings. The highest BCUT2D eigenvalue weighted by molar-refractivity contribution is 8.76. The van der Waals surface area contributed by atoms with Crippen molar-refractivity contribution in [2.45, 2.75) is 238 Å². The Labute approximate surface area is 827 Å². The average molecular weight is 2080 g/mol. The van der Waals surface area contributed by atoms with Gasteiger partial charge >= 0.3 is 25.0 Å². The fraction of sp³-hybridized carbons (Fsp3) is 0.560. The smallest absolute Gasteiger partial charge is 0.475 e. The third-order valence-corrected chi connectivity index (χ3v) is 23.7. The number of carboxylic acids is 3. The van der Waals surface area contributed by atoms with Gasteiger partial charge in [-0.1, -0.05) is 70.9 Å². The van der Waals surface area contributed by atoms with Crippen LogP contribution in [0, 0.1) is 10.8 Å². The summed E-state index contributed by atoms with van der Waals surface area (Å²) in [5.41, 5.74) is 6.12. The quantitative estimate of drug-likeness (QED) is 0.00744. The predicted molar refractivity (Wildman–Crippen MR) is 503 cm³/mol. The highest BCUT2D eigenvalue weighted by Gasteiger charge is 2.39. The topological polar surface area (TPSA) is 950 Å². The fourth-order valence-corrected chi connectivity index (χ4v) is 15.1. The molecule has 0 aliphatic carbocycles. The van der Waals surface area contributed by atoms with Crippen molar-refractivity contribution in [1.29, 1.82) is 0 Å². The standard InChI is InChI=1S/C84H122BN21O36S2/c1-39(2)26-59(85(140)141)104-80(135)51(27-40-6-4-3-5-7-40)103-81(136)52-31-89-44(30-90-52)38-144-143-25-24-87-75(130)45(12-18-60(115)92-33-54(110)68(124)71(127)57(113)36-107)98-78(133)48(16-22-64(119)120)101-77(132)47(14-20-62(117)93-34-55(111)69(125)72(128)58(114)37-108)99-79(134)49(17-23-65(121)122)100-76(131)46(13-19-61(116)91-32-53(109)67(123)70(126)56(112)35-95-142)97-63(118)21-15-50(83(138)139)102-74(129)41-8-10-42(11-9-41)88-28-43-29-94-73-66(96-43)82(137)106-84(86)105-73/h3-11,29-31,39,45-51,53-59,67-72,88,107-114,123-128,140-141H,12-28,32-38H2,1-2H3,(H,87,130)(H,91,116)(H,92,115)(H,93,117)(H,97,118)(H,98,133)(H,99,134)(H,100,131)(H,101,132)(H,102,129)(H,103,136)(H,104,135)(H,119,120)(H,121,122)(H,138,139)(H3,86,94,105,106,137)/t45-,46-,47-,48-,49-,50-,51-,53-,54-,55-,56+,57+,58+,59-,67+,68+,69+,70+,71+,72+/m0/s1. The second kappa shape index (κ2) is 62.6. The Hall–Kier alpha value is -12.9. The number of rotatable bonds is 68. The molecule has 20 atom stereocenters. The zero-order valence-electron chi connectivity index (χ0n) is 77.6. The van der Waals surface area contributed by atoms with Crippen molar-refractivity contribution in [3.63, 3.8) is 0 Å². The van der Waals surface area contributed by atoms with Gasteiger partial charge in [-0.3, -0.25) is 81.9 Å². The van der Waals surface area contributed by atoms with Crippen molar-refractivity contribution < 1.29 is 169 Å². The van der Waals surface area contributed by atoms with Crippen LogP contribution in [0.1, 0.15) is 135 Å². The molecule has 3 heterocycles. The van der Waals surface area contributed by atoms with E-state index in [1.165, 1.54) is 36.7 Å². The number of hydrogen-bond donors (Lipinski definition) is 34. The Morgan fingerprint density at radius 3 is 1.35 bits per heavy atom. The molecule has 0 unspecified atom stereocenters. The number of nitrogens with zero attached hydrogens (tertiary/aromatic N) is 6. The number of nitrogen functional groups attached to an aromatic ring is 1. The lowest BCUT2D eigenvalue weighted by Crippen LogP contribution is -2.59. The summed E-state index contributed by atoms with van der Waals surface area (Å²) in [5.74, 6) is -20.3. The average Bonchev–Trinajstić information content (AvgIpc) is 0.807. The molecule has 2 aromatic carbocycles. The van der Waals surface area contributed by atoms with Gasteiger partial charge < -0.3 is 172 Å². The molecule has 35 N–H and O–H groups in total. The van der Waals surface area contributed by atoms with Crippen molar-refractivity contribution >= 4 is 140 Å². The summed E-state index contributed by atoms with van der Waals surface area (Å²) in [6.45, 7) is -2.50. The number of nitrogens with one attached hydrogen (secondary N) is 14. The van der Waals surface area contributed by atoms with Gasteiger partial charge in [-0.15, -0.1) is 0 Å². The molecule has 0 saturated carbocycles. The number of H-pyrrole nitrogens is 1. The Kier molecular flexibility index (Phi) is 52.9. The zero-order valence-corrected chi connectivity index (χ0v) is 79.2. The molecular formula is C84H122BN21O36S2. The molecule has 0 fully saturated rings. The van der Waals surface area contributed by atoms with Gasteiger partial charge in [-0.25, -0.2) is 19.7 Å². The van der Waals surface area contributed by atoms with Crippen LogP contribution in [-0.4, -0.2) is 396 Å². The lowest BCUT2D eigenvalue weighted by Gasteiger charge is -2.27. The van der Waals surface area contributed by atoms with Crippen LogP contribution in [-0.2, 0) is 81.0 Å². The van der Waals surface area contributed by atoms with Crippen molar-refractivity contribution in [2.24, 2.45) is 11.1 Å². The van der Waals surface area contributed by atoms with E-state index >= 15 is 0 Å². The molecule has 5 rings (SSSR count). The van der Waals surface area contributed by atoms with Crippen molar-refractivity contribution in [2.75, 3.05) is 62.7 Å². The number of carbonyl (C=O) groups is 15. The van der Waals surface area contributed by atoms with E-state index in [0.717, 1.165) is 27.8 Å². The van der Waals surface area contributed by atoms with Crippen LogP contribution in [0.5, 0.6) is 0 Å². The molecule has 0 bridgehead atoms. The van der Waals surface area contributed by atoms with E-state index in [9.17, 15) is 178 Å². The molecule has 794 valence electrons. The number of amides is 12. The summed E-state index contributed by atoms with van der Waals surface area (Å²) in [7, 11) is 0.380. The maximum Gasteiger partial charge on any atom is 0.475 e. The van der Waals surface area contributed by atoms with Crippen LogP contribution in [0.25, 0.3) is 11.2 Å². The summed E-state index contributed by atoms with van der Waals surface area (Å²) in [6, 6.07) is 0.325. The summed E-state index contributed by atoms with van der Waals surface area (Å²) in [6.07, 6.45) is -32.3. The van der Waals surface area contributed by atoms with E-state index in [2.05, 4.69) is 104 Å². The van der Waals surface area contributed by atoms with Crippen LogP contribution < -0.4 is 80.4 Å². The molecule has 3 aromatic heterocycles. The number of benzene rings is 2. The van der Waals surface area contributed by atoms with Crippen LogP contribution in [0.15, 0.2) is 83.2 Å². The van der Waals surface area contributed by atoms with E-state index in [-0.39, 0.29) is 77.4 Å². The molecular weight excluding hydrogens is 1950 g/mol. The van der Waals surface area contributed by atoms with Gasteiger partial charge in [0, 0.05) is 93.9 Å². The summed E-state index contributed by atoms with van der Waals surface area (Å²) in [5, 5.41) is 225. The molecule has 57 nitrogen and oxygen atoms in total. The molecule has 0 saturated heterocycles. The Morgan fingerprint density at radius 2 is 0.896 bits per heavy atom. The summed E-state index contributed by atoms with van der Waals surface area (Å²) >= 11 is 0. The Bertz CT molecular complexity index is 5120. The van der Waals surface area contributed by atoms with E-state index in [0.29, 0.717) is 16.9 Å². The Balaban J connectivity index is 1.43. The van der Waals surface area contributed by atoms with Gasteiger partial charge in [0.05, 0.1) is 74.0 Å². The van der Waals surface area contributed by atoms with Crippen LogP contribution in [0.2, 0.25) is 0 Å². The molecule has 60 heteroatoms. The fourth-order valence-electron chi connectivity index (χ4n) is 13.3. The van der Waals surface area contributed by atoms with Gasteiger partial charge in [0.2, 0.25) is 65.0 Å². The number of aliphatic hydroxyl groups is 14. The largest absolute Gasteiger partial charge is 0.481 e. The zero-order chi connectivity index (χ0) is 107. The van der Waals surface area contributed by atoms with Crippen LogP contribution >= 0.6 is 21.6 Å². The van der Waals surface area contributed by atoms with Crippen molar-refractivity contribution in [3.05, 3.63) is 117 Å². The lowest BCUT2D eigenvalue weighted by molar-refractivity contribution is -0.140. The van der Waals surface area contributed by atoms with E-state index in [1.54, 1.807) is 30.3 Å². The van der Waals surface area contributed by atoms with Gasteiger partial charge in [0.1, 0.15) is 109 Å². The first-order chi connectivity index (χ1) is 68.1. The number of carboxylic acid groups (broad SMARTS) is 3. The first-order valence-corrected chi connectivity index (χ1v) is 47.3. The molecule has 0 spiro atoms. The highest BCUT2D eigenvalue weighted by Crippen LogP contribution is 2.25. The number of aromatic amines is 1. The maximum atomic E-state index is 14.9. The van der Waals surface area contributed by atoms with Gasteiger partial charge in [-0.05, 0) is 80.7 Å². The number of aromatic nitrogens is 6. The minimum Gasteiger partial charge on any atom is -0.481 e. The number of aliphatic carboxylic acids is 3. The molecule has 144 heavy (non-hydrogen) atoms. The van der Waals surface area contributed by atoms with E-state index in [4.69, 9.17) is 5.73 Å². The number of hydrogen-bond acceptors (Lipinski definition) is 43. The number of nitroso groups, excluding NO2 is 1. The molecule has 0 aliphatic heterocycles. The Morgan fingerprint density at radius 1 is 0.458 bits per heavy atom. The number of aliphatic hydroxyl groups excluding tert-OH is 14. The van der Waals surface area contributed by atoms with Crippen LogP contribution in [0.4, 0.5) is 11.6 Å². The monoisotopic (exact) mass is 2080 g/mol. The van der Waals surface area contributed by atoms with Crippen molar-refractivity contribution in [1.82, 2.24) is 93.7 Å². The number of carbonyl (C=O) groups excluding carboxylic acids is 12. The highest BCUT2D eigenvalue weighted by atomic mass is 33.1. The van der Waals surface area contributed by atoms with Crippen LogP contribution in [0.3, 0.4) is 0 Å². The molecule has 0 radical (unpaired) electrons. The van der Waals surface area contributed by atoms with Gasteiger partial charge in [0.15, 0.2) is 11.2 Å². The molecule has 12 amide bonds. The third-order valence-electron chi connectivity index (χ3n) is 21.4. The molecule has 5 aromatic rings. The SMILES string of the molecule is CC(C)C[C@H](NC(=O)[C@H](Cc1ccccc1)NC(=O)c1cnc(CSSCCNC(=O)[C@H](CCC(=O)NC[C@H](O)[C@@H](O)[C@H](O)[C@H](O)CO)NC(=O)[C@H](CCC(=O)O)NC(=O)[C@H](CCC(=O)NC[C@H](O)[C@@H](O)[C@H](O)[C@H](O)CO)NC(=O)[C@H](CCC(=O)O)NC(=O)[C@H](CCC(=O)NC[C@H](O)[C@@H](O)[C@H](O)[C@H](O)CN=O)NC(=O)CC[C@H](NC(=O)c2ccc(NCc3cnc4nc(N)[nH]c(=O)c4n3)cc2)C(=O)O)cn1)B(O)O. The van der Waals surface area contributed by atoms with E-state index < -0.39 is 339 Å². The van der Waals surface area contributed by atoms with E-state index in [1.807, 2.05) is 13.8 Å². The summed E-state index contributed by atoms with van der Waals surface area (Å²) in [4.78, 5) is 252. The minimum absolute atomic E-state index is 0.00454. The third kappa shape index (κ3) is 43.0. The summed E-state index contributed by atoms with van der Waals surface area (Å²) < 4.78 is 0. The number of fused-ring (bicyclic) bond motifs is 1. The predicted octanol–water partition coefficient (Wildman–Crippen LogP) is -11.8. The number of anilines is 2. The first kappa shape index (κ1) is 122. The lowest BCUT2D eigenvalue weighted by atomic mass is 9.75. The second-order valence-electron chi connectivity index (χ2n) is 33.2. The van der Waals surface area contributed by atoms with Crippen molar-refractivity contribution in [3.8, 4) is 0 Å². The normalized spacial score (nSPS) is 15.5.